The van der Waals surface area contributed by atoms with Crippen LogP contribution < -0.4 is 10.9 Å². The van der Waals surface area contributed by atoms with Crippen LogP contribution in [0.2, 0.25) is 0 Å². The molecule has 0 aliphatic carbocycles. The first kappa shape index (κ1) is 14.8. The average Bonchev–Trinajstić information content (AvgIpc) is 2.40. The minimum atomic E-state index is -0.973. The molecule has 0 aliphatic heterocycles. The summed E-state index contributed by atoms with van der Waals surface area (Å²) in [6, 6.07) is 4.84. The molecule has 0 radical (unpaired) electrons. The van der Waals surface area contributed by atoms with Gasteiger partial charge < -0.3 is 15.0 Å². The summed E-state index contributed by atoms with van der Waals surface area (Å²) in [5.41, 5.74) is 1.27. The number of nitrogens with one attached hydrogen (secondary N) is 1. The van der Waals surface area contributed by atoms with Gasteiger partial charge in [-0.05, 0) is 44.5 Å². The molecule has 0 saturated heterocycles. The van der Waals surface area contributed by atoms with E-state index in [9.17, 15) is 9.59 Å². The number of benzene rings is 1. The lowest BCUT2D eigenvalue weighted by molar-refractivity contribution is 0.0696. The molecule has 0 unspecified atom stereocenters. The van der Waals surface area contributed by atoms with Crippen molar-refractivity contribution < 1.29 is 9.90 Å². The van der Waals surface area contributed by atoms with Crippen molar-refractivity contribution in [3.05, 3.63) is 52.1 Å². The predicted octanol–water partition coefficient (Wildman–Crippen LogP) is 2.57. The van der Waals surface area contributed by atoms with E-state index in [1.807, 2.05) is 13.8 Å². The molecule has 0 amide bonds. The Kier molecular flexibility index (Phi) is 4.07. The number of aromatic nitrogens is 2. The summed E-state index contributed by atoms with van der Waals surface area (Å²) in [5.74, 6) is -0.757. The standard InChI is InChI=1S/C15H17N3O3/c1-9(2)18-7-6-16-13(14(18)19)17-11-4-5-12(15(20)21)10(3)8-11/h4-9H,1-3H3,(H,16,17)(H,20,21). The van der Waals surface area contributed by atoms with Crippen LogP contribution in [0.15, 0.2) is 35.4 Å². The maximum absolute atomic E-state index is 12.2. The van der Waals surface area contributed by atoms with E-state index in [0.717, 1.165) is 0 Å². The summed E-state index contributed by atoms with van der Waals surface area (Å²) in [6.45, 7) is 5.54. The number of carbonyl (C=O) groups is 1. The molecular formula is C15H17N3O3. The SMILES string of the molecule is Cc1cc(Nc2nccn(C(C)C)c2=O)ccc1C(=O)O. The van der Waals surface area contributed by atoms with Gasteiger partial charge in [0.05, 0.1) is 5.56 Å². The molecule has 1 aromatic heterocycles. The number of carboxylic acids is 1. The van der Waals surface area contributed by atoms with Crippen LogP contribution in [0.1, 0.15) is 35.8 Å². The van der Waals surface area contributed by atoms with Gasteiger partial charge in [0.15, 0.2) is 5.82 Å². The zero-order chi connectivity index (χ0) is 15.6. The molecule has 2 N–H and O–H groups in total. The normalized spacial score (nSPS) is 10.7. The van der Waals surface area contributed by atoms with Crippen molar-refractivity contribution in [2.24, 2.45) is 0 Å². The van der Waals surface area contributed by atoms with Crippen molar-refractivity contribution in [1.82, 2.24) is 9.55 Å². The molecule has 2 aromatic rings. The Morgan fingerprint density at radius 1 is 1.38 bits per heavy atom. The Bertz CT molecular complexity index is 735. The molecule has 0 spiro atoms. The molecule has 6 nitrogen and oxygen atoms in total. The number of anilines is 2. The van der Waals surface area contributed by atoms with E-state index in [-0.39, 0.29) is 23.0 Å². The van der Waals surface area contributed by atoms with E-state index in [2.05, 4.69) is 10.3 Å². The van der Waals surface area contributed by atoms with Crippen molar-refractivity contribution in [3.8, 4) is 0 Å². The second-order valence-corrected chi connectivity index (χ2v) is 5.04. The summed E-state index contributed by atoms with van der Waals surface area (Å²) in [7, 11) is 0. The number of rotatable bonds is 4. The summed E-state index contributed by atoms with van der Waals surface area (Å²) in [6.07, 6.45) is 3.19. The molecular weight excluding hydrogens is 270 g/mol. The lowest BCUT2D eigenvalue weighted by Crippen LogP contribution is -2.24. The Labute approximate surface area is 122 Å². The van der Waals surface area contributed by atoms with Crippen LogP contribution in [0, 0.1) is 6.92 Å². The van der Waals surface area contributed by atoms with Crippen LogP contribution in [0.25, 0.3) is 0 Å². The van der Waals surface area contributed by atoms with Crippen LogP contribution in [-0.4, -0.2) is 20.6 Å². The van der Waals surface area contributed by atoms with E-state index < -0.39 is 5.97 Å². The Hall–Kier alpha value is -2.63. The summed E-state index contributed by atoms with van der Waals surface area (Å²) >= 11 is 0. The topological polar surface area (TPSA) is 84.2 Å². The molecule has 0 fully saturated rings. The smallest absolute Gasteiger partial charge is 0.335 e. The van der Waals surface area contributed by atoms with Crippen LogP contribution in [-0.2, 0) is 0 Å². The molecule has 2 rings (SSSR count). The Balaban J connectivity index is 2.35. The molecule has 1 heterocycles. The highest BCUT2D eigenvalue weighted by molar-refractivity contribution is 5.90. The first-order chi connectivity index (χ1) is 9.90. The van der Waals surface area contributed by atoms with Gasteiger partial charge in [-0.1, -0.05) is 0 Å². The fourth-order valence-electron chi connectivity index (χ4n) is 2.04. The number of nitrogens with zero attached hydrogens (tertiary/aromatic N) is 2. The molecule has 21 heavy (non-hydrogen) atoms. The zero-order valence-corrected chi connectivity index (χ0v) is 12.1. The summed E-state index contributed by atoms with van der Waals surface area (Å²) in [4.78, 5) is 27.2. The maximum atomic E-state index is 12.2. The summed E-state index contributed by atoms with van der Waals surface area (Å²) in [5, 5.41) is 11.9. The third-order valence-electron chi connectivity index (χ3n) is 3.14. The van der Waals surface area contributed by atoms with Gasteiger partial charge in [0.2, 0.25) is 0 Å². The van der Waals surface area contributed by atoms with E-state index in [1.54, 1.807) is 36.0 Å². The predicted molar refractivity (Wildman–Crippen MR) is 80.3 cm³/mol. The Morgan fingerprint density at radius 3 is 2.67 bits per heavy atom. The molecule has 0 saturated carbocycles. The van der Waals surface area contributed by atoms with Crippen LogP contribution in [0.5, 0.6) is 0 Å². The largest absolute Gasteiger partial charge is 0.478 e. The number of hydrogen-bond donors (Lipinski definition) is 2. The Morgan fingerprint density at radius 2 is 2.10 bits per heavy atom. The quantitative estimate of drug-likeness (QED) is 0.902. The number of aromatic carboxylic acids is 1. The molecule has 0 bridgehead atoms. The minimum Gasteiger partial charge on any atom is -0.478 e. The van der Waals surface area contributed by atoms with Crippen molar-refractivity contribution in [3.63, 3.8) is 0 Å². The van der Waals surface area contributed by atoms with E-state index in [0.29, 0.717) is 11.3 Å². The van der Waals surface area contributed by atoms with Gasteiger partial charge >= 0.3 is 5.97 Å². The first-order valence-electron chi connectivity index (χ1n) is 6.58. The van der Waals surface area contributed by atoms with Crippen molar-refractivity contribution in [2.75, 3.05) is 5.32 Å². The van der Waals surface area contributed by atoms with Gasteiger partial charge in [-0.2, -0.15) is 0 Å². The third kappa shape index (κ3) is 3.10. The lowest BCUT2D eigenvalue weighted by atomic mass is 10.1. The van der Waals surface area contributed by atoms with Gasteiger partial charge in [-0.25, -0.2) is 9.78 Å². The number of carboxylic acid groups (broad SMARTS) is 1. The van der Waals surface area contributed by atoms with Gasteiger partial charge in [0.1, 0.15) is 0 Å². The second kappa shape index (κ2) is 5.78. The van der Waals surface area contributed by atoms with Crippen LogP contribution >= 0.6 is 0 Å². The molecule has 6 heteroatoms. The molecule has 1 aromatic carbocycles. The first-order valence-corrected chi connectivity index (χ1v) is 6.58. The monoisotopic (exact) mass is 287 g/mol. The fraction of sp³-hybridized carbons (Fsp3) is 0.267. The highest BCUT2D eigenvalue weighted by Gasteiger charge is 2.10. The van der Waals surface area contributed by atoms with Gasteiger partial charge in [0.25, 0.3) is 5.56 Å². The highest BCUT2D eigenvalue weighted by atomic mass is 16.4. The second-order valence-electron chi connectivity index (χ2n) is 5.04. The van der Waals surface area contributed by atoms with Crippen molar-refractivity contribution in [2.45, 2.75) is 26.8 Å². The van der Waals surface area contributed by atoms with Crippen LogP contribution in [0.4, 0.5) is 11.5 Å². The molecule has 0 atom stereocenters. The highest BCUT2D eigenvalue weighted by Crippen LogP contribution is 2.17. The van der Waals surface area contributed by atoms with Crippen molar-refractivity contribution in [1.29, 1.82) is 0 Å². The van der Waals surface area contributed by atoms with Gasteiger partial charge in [0, 0.05) is 24.1 Å². The molecule has 110 valence electrons. The van der Waals surface area contributed by atoms with Gasteiger partial charge in [-0.3, -0.25) is 4.79 Å². The fourth-order valence-corrected chi connectivity index (χ4v) is 2.04. The average molecular weight is 287 g/mol. The van der Waals surface area contributed by atoms with Crippen molar-refractivity contribution >= 4 is 17.5 Å². The van der Waals surface area contributed by atoms with Crippen LogP contribution in [0.3, 0.4) is 0 Å². The minimum absolute atomic E-state index is 0.0390. The van der Waals surface area contributed by atoms with E-state index >= 15 is 0 Å². The molecule has 0 aliphatic rings. The lowest BCUT2D eigenvalue weighted by Gasteiger charge is -2.12. The number of hydrogen-bond acceptors (Lipinski definition) is 4. The van der Waals surface area contributed by atoms with E-state index in [4.69, 9.17) is 5.11 Å². The zero-order valence-electron chi connectivity index (χ0n) is 12.1. The summed E-state index contributed by atoms with van der Waals surface area (Å²) < 4.78 is 1.58. The maximum Gasteiger partial charge on any atom is 0.335 e. The third-order valence-corrected chi connectivity index (χ3v) is 3.14. The van der Waals surface area contributed by atoms with E-state index in [1.165, 1.54) is 6.07 Å². The number of aryl methyl sites for hydroxylation is 1. The van der Waals surface area contributed by atoms with Gasteiger partial charge in [-0.15, -0.1) is 0 Å².